The molecule has 74 heavy (non-hydrogen) atoms. The topological polar surface area (TPSA) is 78.9 Å². The summed E-state index contributed by atoms with van der Waals surface area (Å²) in [5, 5.41) is 0. The summed E-state index contributed by atoms with van der Waals surface area (Å²) in [6.45, 7) is 6.47. The van der Waals surface area contributed by atoms with Gasteiger partial charge in [-0.25, -0.2) is 0 Å². The lowest BCUT2D eigenvalue weighted by Gasteiger charge is -2.18. The maximum Gasteiger partial charge on any atom is 0.306 e. The lowest BCUT2D eigenvalue weighted by Crippen LogP contribution is -2.30. The van der Waals surface area contributed by atoms with Crippen molar-refractivity contribution in [1.82, 2.24) is 0 Å². The molecule has 0 rings (SSSR count). The SMILES string of the molecule is CC/C=C\C/C=C\C/C=C\C/C=C\C/C=C\CCCCCCCC(=O)OC(COC(=O)CCCCCCC/C=C\C/C=C\CCC)COC(=O)CCCCCCCCCCCCCCCCCCCCCCCC. The normalized spacial score (nSPS) is 12.6. The fourth-order valence-corrected chi connectivity index (χ4v) is 8.92. The molecular weight excluding hydrogens is 913 g/mol. The average molecular weight is 1030 g/mol. The van der Waals surface area contributed by atoms with Crippen molar-refractivity contribution in [2.24, 2.45) is 0 Å². The largest absolute Gasteiger partial charge is 0.462 e. The van der Waals surface area contributed by atoms with Gasteiger partial charge in [-0.1, -0.05) is 286 Å². The van der Waals surface area contributed by atoms with E-state index in [-0.39, 0.29) is 31.1 Å². The summed E-state index contributed by atoms with van der Waals surface area (Å²) >= 11 is 0. The number of carbonyl (C=O) groups is 3. The monoisotopic (exact) mass is 1030 g/mol. The Balaban J connectivity index is 4.36. The van der Waals surface area contributed by atoms with E-state index in [1.165, 1.54) is 128 Å². The van der Waals surface area contributed by atoms with Crippen molar-refractivity contribution in [2.45, 2.75) is 316 Å². The Morgan fingerprint density at radius 2 is 0.554 bits per heavy atom. The van der Waals surface area contributed by atoms with Crippen LogP contribution >= 0.6 is 0 Å². The Bertz CT molecular complexity index is 1420. The Hall–Kier alpha value is -3.41. The second kappa shape index (κ2) is 62.1. The maximum atomic E-state index is 12.9. The van der Waals surface area contributed by atoms with Gasteiger partial charge < -0.3 is 14.2 Å². The van der Waals surface area contributed by atoms with Crippen LogP contribution in [0.5, 0.6) is 0 Å². The first-order chi connectivity index (χ1) is 36.5. The molecule has 0 radical (unpaired) electrons. The second-order valence-corrected chi connectivity index (χ2v) is 20.9. The first-order valence-corrected chi connectivity index (χ1v) is 31.6. The molecule has 0 aliphatic rings. The number of allylic oxidation sites excluding steroid dienone is 14. The van der Waals surface area contributed by atoms with Crippen LogP contribution in [0.15, 0.2) is 85.1 Å². The fraction of sp³-hybridized carbons (Fsp3) is 0.750. The zero-order valence-corrected chi connectivity index (χ0v) is 48.8. The molecule has 1 atom stereocenters. The molecule has 0 saturated heterocycles. The summed E-state index contributed by atoms with van der Waals surface area (Å²) in [7, 11) is 0. The Kier molecular flexibility index (Phi) is 59.3. The van der Waals surface area contributed by atoms with Crippen molar-refractivity contribution in [2.75, 3.05) is 13.2 Å². The van der Waals surface area contributed by atoms with Crippen LogP contribution in [0.25, 0.3) is 0 Å². The zero-order valence-electron chi connectivity index (χ0n) is 48.8. The highest BCUT2D eigenvalue weighted by molar-refractivity contribution is 5.71. The molecule has 0 amide bonds. The van der Waals surface area contributed by atoms with E-state index in [0.29, 0.717) is 19.3 Å². The van der Waals surface area contributed by atoms with E-state index in [1.807, 2.05) is 0 Å². The van der Waals surface area contributed by atoms with E-state index >= 15 is 0 Å². The van der Waals surface area contributed by atoms with Crippen molar-refractivity contribution in [3.63, 3.8) is 0 Å². The number of hydrogen-bond acceptors (Lipinski definition) is 6. The first kappa shape index (κ1) is 70.6. The fourth-order valence-electron chi connectivity index (χ4n) is 8.92. The lowest BCUT2D eigenvalue weighted by molar-refractivity contribution is -0.167. The molecule has 0 N–H and O–H groups in total. The number of rotatable bonds is 57. The molecule has 1 unspecified atom stereocenters. The molecule has 6 heteroatoms. The van der Waals surface area contributed by atoms with Crippen LogP contribution in [0.4, 0.5) is 0 Å². The summed E-state index contributed by atoms with van der Waals surface area (Å²) in [6, 6.07) is 0. The third-order valence-electron chi connectivity index (χ3n) is 13.6. The molecular formula is C68H118O6. The van der Waals surface area contributed by atoms with Crippen LogP contribution in [0.2, 0.25) is 0 Å². The minimum atomic E-state index is -0.793. The minimum Gasteiger partial charge on any atom is -0.462 e. The Morgan fingerprint density at radius 3 is 0.878 bits per heavy atom. The molecule has 0 saturated carbocycles. The molecule has 0 heterocycles. The predicted molar refractivity (Wildman–Crippen MR) is 321 cm³/mol. The molecule has 0 aromatic carbocycles. The number of ether oxygens (including phenoxy) is 3. The molecule has 0 spiro atoms. The van der Waals surface area contributed by atoms with Crippen LogP contribution in [0.1, 0.15) is 310 Å². The van der Waals surface area contributed by atoms with E-state index in [2.05, 4.69) is 106 Å². The third kappa shape index (κ3) is 59.5. The quantitative estimate of drug-likeness (QED) is 0.0261. The number of carbonyl (C=O) groups excluding carboxylic acids is 3. The van der Waals surface area contributed by atoms with Crippen molar-refractivity contribution < 1.29 is 28.6 Å². The molecule has 0 aliphatic heterocycles. The van der Waals surface area contributed by atoms with Gasteiger partial charge in [0.2, 0.25) is 0 Å². The summed E-state index contributed by atoms with van der Waals surface area (Å²) in [6.07, 6.45) is 81.6. The molecule has 0 aromatic rings. The van der Waals surface area contributed by atoms with E-state index in [9.17, 15) is 14.4 Å². The Morgan fingerprint density at radius 1 is 0.284 bits per heavy atom. The van der Waals surface area contributed by atoms with Gasteiger partial charge in [0.15, 0.2) is 6.10 Å². The predicted octanol–water partition coefficient (Wildman–Crippen LogP) is 21.5. The molecule has 0 bridgehead atoms. The number of esters is 3. The summed E-state index contributed by atoms with van der Waals surface area (Å²) in [5.41, 5.74) is 0. The second-order valence-electron chi connectivity index (χ2n) is 20.9. The number of hydrogen-bond donors (Lipinski definition) is 0. The van der Waals surface area contributed by atoms with Gasteiger partial charge >= 0.3 is 17.9 Å². The molecule has 0 aliphatic carbocycles. The van der Waals surface area contributed by atoms with E-state index in [1.54, 1.807) is 0 Å². The molecule has 0 fully saturated rings. The molecule has 426 valence electrons. The average Bonchev–Trinajstić information content (AvgIpc) is 3.40. The van der Waals surface area contributed by atoms with E-state index < -0.39 is 6.10 Å². The lowest BCUT2D eigenvalue weighted by atomic mass is 10.0. The third-order valence-corrected chi connectivity index (χ3v) is 13.6. The summed E-state index contributed by atoms with van der Waals surface area (Å²) in [5.74, 6) is -0.909. The van der Waals surface area contributed by atoms with Crippen molar-refractivity contribution in [3.05, 3.63) is 85.1 Å². The number of unbranched alkanes of at least 4 members (excludes halogenated alkanes) is 32. The van der Waals surface area contributed by atoms with E-state index in [0.717, 1.165) is 141 Å². The smallest absolute Gasteiger partial charge is 0.306 e. The van der Waals surface area contributed by atoms with Crippen LogP contribution < -0.4 is 0 Å². The molecule has 0 aromatic heterocycles. The van der Waals surface area contributed by atoms with Gasteiger partial charge in [-0.05, 0) is 89.9 Å². The van der Waals surface area contributed by atoms with Crippen LogP contribution in [-0.2, 0) is 28.6 Å². The van der Waals surface area contributed by atoms with Gasteiger partial charge in [-0.2, -0.15) is 0 Å². The zero-order chi connectivity index (χ0) is 53.6. The van der Waals surface area contributed by atoms with E-state index in [4.69, 9.17) is 14.2 Å². The van der Waals surface area contributed by atoms with Crippen molar-refractivity contribution in [1.29, 1.82) is 0 Å². The van der Waals surface area contributed by atoms with Crippen LogP contribution in [-0.4, -0.2) is 37.2 Å². The van der Waals surface area contributed by atoms with Gasteiger partial charge in [0.25, 0.3) is 0 Å². The highest BCUT2D eigenvalue weighted by atomic mass is 16.6. The van der Waals surface area contributed by atoms with Crippen molar-refractivity contribution in [3.8, 4) is 0 Å². The standard InChI is InChI=1S/C68H118O6/c1-4-7-10-13-16-19-22-25-27-29-31-33-35-36-38-40-43-46-49-52-55-58-61-67(70)73-64-65(63-72-66(69)60-57-54-51-48-45-42-24-21-18-15-12-9-6-3)74-68(71)62-59-56-53-50-47-44-41-39-37-34-32-30-28-26-23-20-17-14-11-8-5-2/h8,11-12,15,17,20-21,24,26,28,32,34,39,41,65H,4-7,9-10,13-14,16,18-19,22-23,25,27,29-31,33,35-38,40,42-64H2,1-3H3/b11-8-,15-12-,20-17-,24-21-,28-26-,34-32-,41-39-. The summed E-state index contributed by atoms with van der Waals surface area (Å²) in [4.78, 5) is 38.3. The maximum absolute atomic E-state index is 12.9. The van der Waals surface area contributed by atoms with Gasteiger partial charge in [-0.15, -0.1) is 0 Å². The van der Waals surface area contributed by atoms with Gasteiger partial charge in [0.1, 0.15) is 13.2 Å². The Labute approximate surface area is 458 Å². The first-order valence-electron chi connectivity index (χ1n) is 31.6. The van der Waals surface area contributed by atoms with Gasteiger partial charge in [0, 0.05) is 19.3 Å². The molecule has 6 nitrogen and oxygen atoms in total. The minimum absolute atomic E-state index is 0.0869. The van der Waals surface area contributed by atoms with Crippen molar-refractivity contribution >= 4 is 17.9 Å². The van der Waals surface area contributed by atoms with Gasteiger partial charge in [0.05, 0.1) is 0 Å². The highest BCUT2D eigenvalue weighted by Crippen LogP contribution is 2.17. The van der Waals surface area contributed by atoms with Crippen LogP contribution in [0.3, 0.4) is 0 Å². The van der Waals surface area contributed by atoms with Crippen LogP contribution in [0, 0.1) is 0 Å². The highest BCUT2D eigenvalue weighted by Gasteiger charge is 2.19. The summed E-state index contributed by atoms with van der Waals surface area (Å²) < 4.78 is 16.9. The van der Waals surface area contributed by atoms with Gasteiger partial charge in [-0.3, -0.25) is 14.4 Å².